The van der Waals surface area contributed by atoms with Gasteiger partial charge in [0.05, 0.1) is 12.7 Å². The Hall–Kier alpha value is -1.75. The van der Waals surface area contributed by atoms with Crippen LogP contribution in [0.4, 0.5) is 10.5 Å². The van der Waals surface area contributed by atoms with Crippen molar-refractivity contribution < 1.29 is 14.3 Å². The first-order valence-corrected chi connectivity index (χ1v) is 9.08. The lowest BCUT2D eigenvalue weighted by atomic mass is 9.89. The van der Waals surface area contributed by atoms with Crippen LogP contribution in [0.15, 0.2) is 24.3 Å². The Kier molecular flexibility index (Phi) is 7.37. The normalized spacial score (nSPS) is 20.7. The van der Waals surface area contributed by atoms with Gasteiger partial charge in [-0.3, -0.25) is 0 Å². The van der Waals surface area contributed by atoms with Crippen molar-refractivity contribution in [2.24, 2.45) is 5.92 Å². The van der Waals surface area contributed by atoms with Crippen LogP contribution in [-0.2, 0) is 4.74 Å². The first-order chi connectivity index (χ1) is 11.7. The molecule has 2 N–H and O–H groups in total. The van der Waals surface area contributed by atoms with E-state index in [0.717, 1.165) is 43.7 Å². The van der Waals surface area contributed by atoms with Crippen molar-refractivity contribution in [2.75, 3.05) is 18.5 Å². The van der Waals surface area contributed by atoms with Crippen molar-refractivity contribution in [3.63, 3.8) is 0 Å². The molecule has 2 rings (SSSR count). The van der Waals surface area contributed by atoms with E-state index in [1.165, 1.54) is 0 Å². The van der Waals surface area contributed by atoms with Crippen LogP contribution in [-0.4, -0.2) is 31.4 Å². The van der Waals surface area contributed by atoms with Crippen molar-refractivity contribution in [1.82, 2.24) is 5.32 Å². The minimum atomic E-state index is -0.158. The lowest BCUT2D eigenvalue weighted by Gasteiger charge is -2.34. The number of nitrogens with one attached hydrogen (secondary N) is 2. The standard InChI is InChI=1S/C19H30N2O3/c1-4-14(5-2)18-13-16(11-12-24-18)21-19(22)20-15-7-9-17(10-8-15)23-6-3/h7-10,14,16,18H,4-6,11-13H2,1-3H3,(H2,20,21,22). The number of amides is 2. The van der Waals surface area contributed by atoms with Gasteiger partial charge in [-0.15, -0.1) is 0 Å². The molecule has 0 radical (unpaired) electrons. The predicted octanol–water partition coefficient (Wildman–Crippen LogP) is 4.19. The zero-order valence-corrected chi connectivity index (χ0v) is 15.0. The number of rotatable bonds is 7. The highest BCUT2D eigenvalue weighted by Gasteiger charge is 2.28. The molecule has 1 aromatic carbocycles. The maximum Gasteiger partial charge on any atom is 0.319 e. The van der Waals surface area contributed by atoms with E-state index in [0.29, 0.717) is 12.5 Å². The summed E-state index contributed by atoms with van der Waals surface area (Å²) in [6.07, 6.45) is 4.25. The zero-order chi connectivity index (χ0) is 17.4. The number of hydrogen-bond donors (Lipinski definition) is 2. The largest absolute Gasteiger partial charge is 0.494 e. The molecule has 1 aromatic rings. The first-order valence-electron chi connectivity index (χ1n) is 9.08. The van der Waals surface area contributed by atoms with Crippen molar-refractivity contribution in [3.05, 3.63) is 24.3 Å². The zero-order valence-electron chi connectivity index (χ0n) is 15.0. The monoisotopic (exact) mass is 334 g/mol. The molecule has 5 heteroatoms. The van der Waals surface area contributed by atoms with E-state index < -0.39 is 0 Å². The van der Waals surface area contributed by atoms with Crippen molar-refractivity contribution in [1.29, 1.82) is 0 Å². The molecule has 0 aliphatic carbocycles. The molecule has 1 heterocycles. The Balaban J connectivity index is 1.83. The topological polar surface area (TPSA) is 59.6 Å². The van der Waals surface area contributed by atoms with E-state index in [9.17, 15) is 4.79 Å². The van der Waals surface area contributed by atoms with Gasteiger partial charge in [0.25, 0.3) is 0 Å². The Morgan fingerprint density at radius 3 is 2.58 bits per heavy atom. The maximum absolute atomic E-state index is 12.2. The average molecular weight is 334 g/mol. The van der Waals surface area contributed by atoms with Gasteiger partial charge in [0, 0.05) is 18.3 Å². The number of benzene rings is 1. The molecule has 5 nitrogen and oxygen atoms in total. The van der Waals surface area contributed by atoms with Gasteiger partial charge in [-0.25, -0.2) is 4.79 Å². The number of hydrogen-bond acceptors (Lipinski definition) is 3. The van der Waals surface area contributed by atoms with E-state index >= 15 is 0 Å². The molecule has 0 saturated carbocycles. The van der Waals surface area contributed by atoms with Gasteiger partial charge >= 0.3 is 6.03 Å². The molecule has 134 valence electrons. The van der Waals surface area contributed by atoms with Crippen molar-refractivity contribution in [2.45, 2.75) is 58.6 Å². The minimum Gasteiger partial charge on any atom is -0.494 e. The molecule has 1 aliphatic heterocycles. The van der Waals surface area contributed by atoms with Crippen molar-refractivity contribution >= 4 is 11.7 Å². The highest BCUT2D eigenvalue weighted by Crippen LogP contribution is 2.25. The molecule has 2 atom stereocenters. The summed E-state index contributed by atoms with van der Waals surface area (Å²) < 4.78 is 11.3. The first kappa shape index (κ1) is 18.6. The third-order valence-corrected chi connectivity index (χ3v) is 4.65. The van der Waals surface area contributed by atoms with Crippen LogP contribution < -0.4 is 15.4 Å². The summed E-state index contributed by atoms with van der Waals surface area (Å²) in [5, 5.41) is 5.96. The molecule has 2 unspecified atom stereocenters. The fourth-order valence-corrected chi connectivity index (χ4v) is 3.26. The van der Waals surface area contributed by atoms with E-state index in [-0.39, 0.29) is 18.2 Å². The SMILES string of the molecule is CCOc1ccc(NC(=O)NC2CCOC(C(CC)CC)C2)cc1. The number of carbonyl (C=O) groups is 1. The molecular weight excluding hydrogens is 304 g/mol. The number of anilines is 1. The van der Waals surface area contributed by atoms with Gasteiger partial charge in [0.2, 0.25) is 0 Å². The van der Waals surface area contributed by atoms with Gasteiger partial charge in [-0.2, -0.15) is 0 Å². The summed E-state index contributed by atoms with van der Waals surface area (Å²) in [6.45, 7) is 7.70. The van der Waals surface area contributed by atoms with Crippen LogP contribution >= 0.6 is 0 Å². The van der Waals surface area contributed by atoms with Gasteiger partial charge in [-0.05, 0) is 49.9 Å². The molecule has 0 aromatic heterocycles. The molecule has 24 heavy (non-hydrogen) atoms. The van der Waals surface area contributed by atoms with E-state index in [1.54, 1.807) is 0 Å². The second-order valence-corrected chi connectivity index (χ2v) is 6.26. The fourth-order valence-electron chi connectivity index (χ4n) is 3.26. The highest BCUT2D eigenvalue weighted by atomic mass is 16.5. The summed E-state index contributed by atoms with van der Waals surface area (Å²) >= 11 is 0. The van der Waals surface area contributed by atoms with Crippen LogP contribution in [0, 0.1) is 5.92 Å². The fraction of sp³-hybridized carbons (Fsp3) is 0.632. The summed E-state index contributed by atoms with van der Waals surface area (Å²) in [4.78, 5) is 12.2. The maximum atomic E-state index is 12.2. The van der Waals surface area contributed by atoms with Gasteiger partial charge in [0.15, 0.2) is 0 Å². The summed E-state index contributed by atoms with van der Waals surface area (Å²) in [5.74, 6) is 1.38. The minimum absolute atomic E-state index is 0.158. The summed E-state index contributed by atoms with van der Waals surface area (Å²) in [6, 6.07) is 7.43. The van der Waals surface area contributed by atoms with Crippen LogP contribution in [0.5, 0.6) is 5.75 Å². The molecule has 1 saturated heterocycles. The predicted molar refractivity (Wildman–Crippen MR) is 96.6 cm³/mol. The van der Waals surface area contributed by atoms with Crippen LogP contribution in [0.2, 0.25) is 0 Å². The number of carbonyl (C=O) groups excluding carboxylic acids is 1. The van der Waals surface area contributed by atoms with Crippen LogP contribution in [0.3, 0.4) is 0 Å². The second-order valence-electron chi connectivity index (χ2n) is 6.26. The Bertz CT molecular complexity index is 500. The van der Waals surface area contributed by atoms with Crippen molar-refractivity contribution in [3.8, 4) is 5.75 Å². The van der Waals surface area contributed by atoms with Gasteiger partial charge in [0.1, 0.15) is 5.75 Å². The average Bonchev–Trinajstić information content (AvgIpc) is 2.58. The lowest BCUT2D eigenvalue weighted by Crippen LogP contribution is -2.45. The molecule has 0 bridgehead atoms. The summed E-state index contributed by atoms with van der Waals surface area (Å²) in [7, 11) is 0. The molecule has 0 spiro atoms. The lowest BCUT2D eigenvalue weighted by molar-refractivity contribution is -0.0329. The Morgan fingerprint density at radius 1 is 1.25 bits per heavy atom. The quantitative estimate of drug-likeness (QED) is 0.786. The van der Waals surface area contributed by atoms with Gasteiger partial charge in [-0.1, -0.05) is 26.7 Å². The van der Waals surface area contributed by atoms with Crippen LogP contribution in [0.1, 0.15) is 46.5 Å². The highest BCUT2D eigenvalue weighted by molar-refractivity contribution is 5.89. The smallest absolute Gasteiger partial charge is 0.319 e. The molecule has 2 amide bonds. The Labute approximate surface area is 145 Å². The van der Waals surface area contributed by atoms with E-state index in [4.69, 9.17) is 9.47 Å². The Morgan fingerprint density at radius 2 is 1.96 bits per heavy atom. The van der Waals surface area contributed by atoms with E-state index in [2.05, 4.69) is 24.5 Å². The molecule has 1 aliphatic rings. The third kappa shape index (κ3) is 5.41. The van der Waals surface area contributed by atoms with E-state index in [1.807, 2.05) is 31.2 Å². The molecular formula is C19H30N2O3. The number of ether oxygens (including phenoxy) is 2. The molecule has 1 fully saturated rings. The van der Waals surface area contributed by atoms with Crippen LogP contribution in [0.25, 0.3) is 0 Å². The van der Waals surface area contributed by atoms with Gasteiger partial charge < -0.3 is 20.1 Å². The summed E-state index contributed by atoms with van der Waals surface area (Å²) in [5.41, 5.74) is 0.763. The number of urea groups is 1. The second kappa shape index (κ2) is 9.52. The third-order valence-electron chi connectivity index (χ3n) is 4.65.